The van der Waals surface area contributed by atoms with E-state index in [-0.39, 0.29) is 11.9 Å². The fraction of sp³-hybridized carbons (Fsp3) is 0.462. The zero-order chi connectivity index (χ0) is 11.0. The maximum absolute atomic E-state index is 12.0. The summed E-state index contributed by atoms with van der Waals surface area (Å²) in [6.45, 7) is 7.01. The van der Waals surface area contributed by atoms with Crippen molar-refractivity contribution in [3.63, 3.8) is 0 Å². The monoisotopic (exact) mass is 203 g/mol. The van der Waals surface area contributed by atoms with Gasteiger partial charge in [0.25, 0.3) is 5.91 Å². The number of hydrogen-bond acceptors (Lipinski definition) is 1. The molecule has 1 heterocycles. The second-order valence-corrected chi connectivity index (χ2v) is 4.37. The van der Waals surface area contributed by atoms with E-state index in [0.717, 1.165) is 18.5 Å². The van der Waals surface area contributed by atoms with Crippen molar-refractivity contribution < 1.29 is 4.79 Å². The lowest BCUT2D eigenvalue weighted by atomic mass is 10.0. The fourth-order valence-corrected chi connectivity index (χ4v) is 2.01. The Morgan fingerprint density at radius 3 is 2.73 bits per heavy atom. The predicted molar refractivity (Wildman–Crippen MR) is 60.8 cm³/mol. The van der Waals surface area contributed by atoms with Gasteiger partial charge in [-0.25, -0.2) is 0 Å². The van der Waals surface area contributed by atoms with Crippen LogP contribution in [0.4, 0.5) is 0 Å². The third-order valence-electron chi connectivity index (χ3n) is 3.04. The molecule has 0 saturated heterocycles. The van der Waals surface area contributed by atoms with Crippen LogP contribution >= 0.6 is 0 Å². The predicted octanol–water partition coefficient (Wildman–Crippen LogP) is 2.61. The lowest BCUT2D eigenvalue weighted by Gasteiger charge is -2.19. The van der Waals surface area contributed by atoms with Gasteiger partial charge in [-0.2, -0.15) is 0 Å². The molecule has 0 radical (unpaired) electrons. The van der Waals surface area contributed by atoms with Crippen LogP contribution in [-0.4, -0.2) is 16.8 Å². The van der Waals surface area contributed by atoms with Crippen LogP contribution in [0.15, 0.2) is 18.2 Å². The number of benzene rings is 1. The summed E-state index contributed by atoms with van der Waals surface area (Å²) in [5.41, 5.74) is 3.32. The van der Waals surface area contributed by atoms with Gasteiger partial charge >= 0.3 is 0 Å². The normalized spacial score (nSPS) is 14.9. The molecule has 1 aliphatic rings. The van der Waals surface area contributed by atoms with Crippen LogP contribution in [0.1, 0.15) is 42.3 Å². The van der Waals surface area contributed by atoms with Gasteiger partial charge in [-0.15, -0.1) is 0 Å². The van der Waals surface area contributed by atoms with Crippen LogP contribution in [0.5, 0.6) is 0 Å². The van der Waals surface area contributed by atoms with Crippen LogP contribution < -0.4 is 0 Å². The average Bonchev–Trinajstić information content (AvgIpc) is 2.56. The first kappa shape index (κ1) is 10.2. The molecule has 0 atom stereocenters. The summed E-state index contributed by atoms with van der Waals surface area (Å²) in [6.07, 6.45) is 0.988. The Morgan fingerprint density at radius 1 is 1.40 bits per heavy atom. The van der Waals surface area contributed by atoms with E-state index in [9.17, 15) is 4.79 Å². The van der Waals surface area contributed by atoms with Gasteiger partial charge in [-0.1, -0.05) is 19.1 Å². The molecule has 0 unspecified atom stereocenters. The van der Waals surface area contributed by atoms with Gasteiger partial charge in [0.1, 0.15) is 0 Å². The number of carbonyl (C=O) groups excluding carboxylic acids is 1. The van der Waals surface area contributed by atoms with Gasteiger partial charge in [0.2, 0.25) is 0 Å². The molecule has 0 spiro atoms. The molecule has 0 N–H and O–H groups in total. The van der Waals surface area contributed by atoms with E-state index in [1.807, 2.05) is 11.0 Å². The minimum absolute atomic E-state index is 0.190. The van der Waals surface area contributed by atoms with Crippen molar-refractivity contribution in [3.05, 3.63) is 34.9 Å². The number of nitrogens with zero attached hydrogens (tertiary/aromatic N) is 1. The van der Waals surface area contributed by atoms with Crippen molar-refractivity contribution in [1.29, 1.82) is 0 Å². The smallest absolute Gasteiger partial charge is 0.254 e. The topological polar surface area (TPSA) is 20.3 Å². The Labute approximate surface area is 90.9 Å². The molecule has 0 fully saturated rings. The summed E-state index contributed by atoms with van der Waals surface area (Å²) in [4.78, 5) is 14.0. The maximum Gasteiger partial charge on any atom is 0.254 e. The van der Waals surface area contributed by atoms with Gasteiger partial charge in [-0.05, 0) is 37.5 Å². The summed E-state index contributed by atoms with van der Waals surface area (Å²) in [5.74, 6) is 0.190. The first-order chi connectivity index (χ1) is 7.13. The molecule has 2 nitrogen and oxygen atoms in total. The summed E-state index contributed by atoms with van der Waals surface area (Å²) in [7, 11) is 0. The van der Waals surface area contributed by atoms with Crippen LogP contribution in [0.3, 0.4) is 0 Å². The molecule has 15 heavy (non-hydrogen) atoms. The zero-order valence-corrected chi connectivity index (χ0v) is 9.58. The molecular formula is C13H17NO. The Bertz CT molecular complexity index is 396. The quantitative estimate of drug-likeness (QED) is 0.723. The van der Waals surface area contributed by atoms with Crippen LogP contribution in [0, 0.1) is 0 Å². The summed E-state index contributed by atoms with van der Waals surface area (Å²) in [5, 5.41) is 0. The van der Waals surface area contributed by atoms with Crippen LogP contribution in [0.2, 0.25) is 0 Å². The molecule has 1 aliphatic heterocycles. The first-order valence-electron chi connectivity index (χ1n) is 5.56. The first-order valence-corrected chi connectivity index (χ1v) is 5.56. The number of amides is 1. The molecule has 2 heteroatoms. The number of hydrogen-bond donors (Lipinski definition) is 0. The second kappa shape index (κ2) is 3.69. The standard InChI is InChI=1S/C13H17NO/c1-4-10-5-6-11-8-14(9(2)3)13(15)12(11)7-10/h5-7,9H,4,8H2,1-3H3. The van der Waals surface area contributed by atoms with E-state index in [0.29, 0.717) is 0 Å². The van der Waals surface area contributed by atoms with Crippen LogP contribution in [0.25, 0.3) is 0 Å². The van der Waals surface area contributed by atoms with Gasteiger partial charge in [-0.3, -0.25) is 4.79 Å². The van der Waals surface area contributed by atoms with Gasteiger partial charge in [0.05, 0.1) is 0 Å². The highest BCUT2D eigenvalue weighted by atomic mass is 16.2. The molecule has 0 aliphatic carbocycles. The largest absolute Gasteiger partial charge is 0.332 e. The number of carbonyl (C=O) groups is 1. The van der Waals surface area contributed by atoms with E-state index >= 15 is 0 Å². The maximum atomic E-state index is 12.0. The molecule has 1 aromatic carbocycles. The zero-order valence-electron chi connectivity index (χ0n) is 9.58. The highest BCUT2D eigenvalue weighted by Gasteiger charge is 2.28. The minimum Gasteiger partial charge on any atom is -0.332 e. The Morgan fingerprint density at radius 2 is 2.13 bits per heavy atom. The molecule has 80 valence electrons. The van der Waals surface area contributed by atoms with E-state index in [4.69, 9.17) is 0 Å². The molecule has 0 aromatic heterocycles. The van der Waals surface area contributed by atoms with E-state index in [2.05, 4.69) is 32.9 Å². The van der Waals surface area contributed by atoms with E-state index in [1.165, 1.54) is 11.1 Å². The fourth-order valence-electron chi connectivity index (χ4n) is 2.01. The SMILES string of the molecule is CCc1ccc2c(c1)C(=O)N(C(C)C)C2. The molecule has 0 saturated carbocycles. The van der Waals surface area contributed by atoms with Gasteiger partial charge in [0.15, 0.2) is 0 Å². The van der Waals surface area contributed by atoms with Crippen molar-refractivity contribution in [2.75, 3.05) is 0 Å². The summed E-state index contributed by atoms with van der Waals surface area (Å²) in [6, 6.07) is 6.54. The number of aryl methyl sites for hydroxylation is 1. The van der Waals surface area contributed by atoms with Crippen LogP contribution in [-0.2, 0) is 13.0 Å². The molecule has 2 rings (SSSR count). The van der Waals surface area contributed by atoms with Crippen molar-refractivity contribution in [3.8, 4) is 0 Å². The second-order valence-electron chi connectivity index (χ2n) is 4.37. The molecular weight excluding hydrogens is 186 g/mol. The van der Waals surface area contributed by atoms with Gasteiger partial charge < -0.3 is 4.90 Å². The number of rotatable bonds is 2. The molecule has 0 bridgehead atoms. The molecule has 1 aromatic rings. The van der Waals surface area contributed by atoms with Gasteiger partial charge in [0, 0.05) is 18.2 Å². The third kappa shape index (κ3) is 1.65. The summed E-state index contributed by atoms with van der Waals surface area (Å²) < 4.78 is 0. The molecule has 1 amide bonds. The van der Waals surface area contributed by atoms with Crippen molar-refractivity contribution >= 4 is 5.91 Å². The van der Waals surface area contributed by atoms with E-state index in [1.54, 1.807) is 0 Å². The van der Waals surface area contributed by atoms with Crippen molar-refractivity contribution in [2.45, 2.75) is 39.8 Å². The van der Waals surface area contributed by atoms with Crippen molar-refractivity contribution in [2.24, 2.45) is 0 Å². The lowest BCUT2D eigenvalue weighted by molar-refractivity contribution is 0.0730. The third-order valence-corrected chi connectivity index (χ3v) is 3.04. The Hall–Kier alpha value is -1.31. The Kier molecular flexibility index (Phi) is 2.51. The summed E-state index contributed by atoms with van der Waals surface area (Å²) >= 11 is 0. The average molecular weight is 203 g/mol. The lowest BCUT2D eigenvalue weighted by Crippen LogP contribution is -2.30. The van der Waals surface area contributed by atoms with E-state index < -0.39 is 0 Å². The van der Waals surface area contributed by atoms with Crippen molar-refractivity contribution in [1.82, 2.24) is 4.90 Å². The highest BCUT2D eigenvalue weighted by Crippen LogP contribution is 2.25. The minimum atomic E-state index is 0.190. The Balaban J connectivity index is 2.38. The highest BCUT2D eigenvalue weighted by molar-refractivity contribution is 5.98. The number of fused-ring (bicyclic) bond motifs is 1.